The summed E-state index contributed by atoms with van der Waals surface area (Å²) in [5.74, 6) is 0.670. The predicted octanol–water partition coefficient (Wildman–Crippen LogP) is 3.95. The average molecular weight is 512 g/mol. The number of nitrogens with two attached hydrogens (primary N) is 1. The van der Waals surface area contributed by atoms with Gasteiger partial charge in [-0.2, -0.15) is 18.3 Å². The summed E-state index contributed by atoms with van der Waals surface area (Å²) < 4.78 is 43.9. The van der Waals surface area contributed by atoms with Gasteiger partial charge in [0.05, 0.1) is 30.4 Å². The molecule has 10 nitrogen and oxygen atoms in total. The molecule has 192 valence electrons. The number of hydrogen-bond donors (Lipinski definition) is 5. The highest BCUT2D eigenvalue weighted by atomic mass is 19.4. The van der Waals surface area contributed by atoms with E-state index in [2.05, 4.69) is 20.7 Å². The van der Waals surface area contributed by atoms with Gasteiger partial charge in [0.15, 0.2) is 5.65 Å². The van der Waals surface area contributed by atoms with Crippen LogP contribution in [-0.4, -0.2) is 46.1 Å². The van der Waals surface area contributed by atoms with E-state index in [0.717, 1.165) is 0 Å². The highest BCUT2D eigenvalue weighted by molar-refractivity contribution is 6.08. The van der Waals surface area contributed by atoms with Crippen LogP contribution in [0.25, 0.3) is 22.5 Å². The van der Waals surface area contributed by atoms with Gasteiger partial charge >= 0.3 is 12.2 Å². The summed E-state index contributed by atoms with van der Waals surface area (Å²) in [5, 5.41) is 19.6. The van der Waals surface area contributed by atoms with Crippen LogP contribution in [0.2, 0.25) is 0 Å². The number of furan rings is 1. The van der Waals surface area contributed by atoms with Crippen LogP contribution in [0.4, 0.5) is 23.7 Å². The lowest BCUT2D eigenvalue weighted by Gasteiger charge is -2.13. The smallest absolute Gasteiger partial charge is 0.405 e. The number of urea groups is 1. The summed E-state index contributed by atoms with van der Waals surface area (Å²) in [6.07, 6.45) is 3.05. The number of benzene rings is 1. The number of anilines is 1. The van der Waals surface area contributed by atoms with Crippen LogP contribution in [0.3, 0.4) is 0 Å². The fraction of sp³-hybridized carbons (Fsp3) is 0.167. The highest BCUT2D eigenvalue weighted by Gasteiger charge is 2.27. The number of allylic oxidation sites excluding steroid dienone is 1. The fourth-order valence-electron chi connectivity index (χ4n) is 3.50. The summed E-state index contributed by atoms with van der Waals surface area (Å²) in [6.45, 7) is -1.15. The Hall–Kier alpha value is -4.65. The van der Waals surface area contributed by atoms with Crippen molar-refractivity contribution in [2.24, 2.45) is 5.73 Å². The number of carbonyl (C=O) groups excluding carboxylic acids is 1. The maximum atomic E-state index is 12.3. The molecule has 0 saturated heterocycles. The van der Waals surface area contributed by atoms with Gasteiger partial charge in [-0.05, 0) is 30.3 Å². The van der Waals surface area contributed by atoms with Crippen molar-refractivity contribution >= 4 is 29.2 Å². The summed E-state index contributed by atoms with van der Waals surface area (Å²) in [6, 6.07) is 10.6. The molecule has 1 aromatic carbocycles. The van der Waals surface area contributed by atoms with Crippen LogP contribution in [-0.2, 0) is 0 Å². The van der Waals surface area contributed by atoms with Crippen LogP contribution in [0, 0.1) is 5.41 Å². The van der Waals surface area contributed by atoms with Gasteiger partial charge in [0.25, 0.3) is 0 Å². The lowest BCUT2D eigenvalue weighted by Crippen LogP contribution is -2.36. The molecule has 0 aliphatic carbocycles. The number of hydrogen-bond acceptors (Lipinski definition) is 7. The molecule has 0 bridgehead atoms. The van der Waals surface area contributed by atoms with Crippen molar-refractivity contribution in [3.05, 3.63) is 78.6 Å². The minimum absolute atomic E-state index is 0.268. The van der Waals surface area contributed by atoms with E-state index in [0.29, 0.717) is 39.5 Å². The minimum atomic E-state index is -4.51. The Morgan fingerprint density at radius 2 is 2.05 bits per heavy atom. The summed E-state index contributed by atoms with van der Waals surface area (Å²) in [7, 11) is 0. The zero-order chi connectivity index (χ0) is 26.4. The standard InChI is InChI=1S/C24H23F3N8O2/c25-24(26,27)14-32-23(36)34-18-4-1-3-15(7-18)20-13-31-22-8-16(12-33-35(20)22)17(9-28)11-30-19(10-29)21-5-2-6-37-21/h1-9,11-13,19,28,30H,10,14,29H2,(H2,32,34,36)/b17-11+,28-9?. The Bertz CT molecular complexity index is 1410. The molecule has 1 atom stereocenters. The van der Waals surface area contributed by atoms with Gasteiger partial charge in [0.2, 0.25) is 0 Å². The third-order valence-corrected chi connectivity index (χ3v) is 5.28. The molecule has 6 N–H and O–H groups in total. The zero-order valence-corrected chi connectivity index (χ0v) is 19.3. The van der Waals surface area contributed by atoms with Crippen molar-refractivity contribution in [3.63, 3.8) is 0 Å². The molecule has 0 saturated carbocycles. The molecule has 0 aliphatic rings. The van der Waals surface area contributed by atoms with Gasteiger partial charge in [-0.1, -0.05) is 12.1 Å². The van der Waals surface area contributed by atoms with E-state index in [4.69, 9.17) is 15.6 Å². The normalized spacial score (nSPS) is 12.8. The van der Waals surface area contributed by atoms with Crippen molar-refractivity contribution in [1.82, 2.24) is 25.2 Å². The van der Waals surface area contributed by atoms with Crippen LogP contribution >= 0.6 is 0 Å². The van der Waals surface area contributed by atoms with Crippen molar-refractivity contribution < 1.29 is 22.4 Å². The first-order valence-electron chi connectivity index (χ1n) is 11.0. The van der Waals surface area contributed by atoms with Gasteiger partial charge in [-0.3, -0.25) is 0 Å². The number of alkyl halides is 3. The van der Waals surface area contributed by atoms with E-state index >= 15 is 0 Å². The maximum Gasteiger partial charge on any atom is 0.405 e. The molecular formula is C24H23F3N8O2. The molecule has 4 aromatic rings. The van der Waals surface area contributed by atoms with Gasteiger partial charge in [0.1, 0.15) is 12.3 Å². The molecule has 3 aromatic heterocycles. The first-order valence-corrected chi connectivity index (χ1v) is 11.0. The Labute approximate surface area is 208 Å². The second-order valence-corrected chi connectivity index (χ2v) is 7.88. The molecule has 1 unspecified atom stereocenters. The average Bonchev–Trinajstić information content (AvgIpc) is 3.55. The van der Waals surface area contributed by atoms with Gasteiger partial charge < -0.3 is 31.5 Å². The molecule has 3 heterocycles. The number of rotatable bonds is 9. The number of carbonyl (C=O) groups is 1. The number of amides is 2. The Morgan fingerprint density at radius 1 is 1.22 bits per heavy atom. The van der Waals surface area contributed by atoms with E-state index in [-0.39, 0.29) is 12.6 Å². The van der Waals surface area contributed by atoms with Crippen LogP contribution < -0.4 is 21.7 Å². The fourth-order valence-corrected chi connectivity index (χ4v) is 3.50. The molecule has 0 spiro atoms. The molecule has 13 heteroatoms. The monoisotopic (exact) mass is 512 g/mol. The van der Waals surface area contributed by atoms with E-state index in [1.165, 1.54) is 6.21 Å². The largest absolute Gasteiger partial charge is 0.467 e. The molecule has 0 aliphatic heterocycles. The maximum absolute atomic E-state index is 12.3. The molecule has 4 rings (SSSR count). The highest BCUT2D eigenvalue weighted by Crippen LogP contribution is 2.24. The third-order valence-electron chi connectivity index (χ3n) is 5.28. The van der Waals surface area contributed by atoms with Gasteiger partial charge in [-0.15, -0.1) is 0 Å². The second-order valence-electron chi connectivity index (χ2n) is 7.88. The van der Waals surface area contributed by atoms with Gasteiger partial charge in [0, 0.05) is 41.3 Å². The Morgan fingerprint density at radius 3 is 2.76 bits per heavy atom. The SMILES string of the molecule is N=C/C(=C\NC(CN)c1ccco1)c1cnn2c(-c3cccc(NC(=O)NCC(F)(F)F)c3)cnc2c1. The minimum Gasteiger partial charge on any atom is -0.467 e. The number of aromatic nitrogens is 3. The summed E-state index contributed by atoms with van der Waals surface area (Å²) in [4.78, 5) is 16.2. The van der Waals surface area contributed by atoms with Crippen LogP contribution in [0.1, 0.15) is 17.4 Å². The molecule has 0 radical (unpaired) electrons. The topological polar surface area (TPSA) is 146 Å². The molecule has 2 amide bonds. The van der Waals surface area contributed by atoms with E-state index < -0.39 is 18.8 Å². The number of imidazole rings is 1. The first-order chi connectivity index (χ1) is 17.8. The predicted molar refractivity (Wildman–Crippen MR) is 132 cm³/mol. The molecule has 37 heavy (non-hydrogen) atoms. The summed E-state index contributed by atoms with van der Waals surface area (Å²) >= 11 is 0. The summed E-state index contributed by atoms with van der Waals surface area (Å²) in [5.41, 5.74) is 9.04. The number of fused-ring (bicyclic) bond motifs is 1. The first kappa shape index (κ1) is 25.4. The zero-order valence-electron chi connectivity index (χ0n) is 19.3. The van der Waals surface area contributed by atoms with Crippen molar-refractivity contribution in [1.29, 1.82) is 5.41 Å². The molecule has 0 fully saturated rings. The van der Waals surface area contributed by atoms with Crippen molar-refractivity contribution in [2.75, 3.05) is 18.4 Å². The van der Waals surface area contributed by atoms with Crippen LogP contribution in [0.5, 0.6) is 0 Å². The van der Waals surface area contributed by atoms with E-state index in [1.54, 1.807) is 71.1 Å². The quantitative estimate of drug-likeness (QED) is 0.215. The number of nitrogens with zero attached hydrogens (tertiary/aromatic N) is 3. The van der Waals surface area contributed by atoms with Crippen molar-refractivity contribution in [2.45, 2.75) is 12.2 Å². The number of nitrogens with one attached hydrogen (secondary N) is 4. The molecular weight excluding hydrogens is 489 g/mol. The lowest BCUT2D eigenvalue weighted by atomic mass is 10.1. The van der Waals surface area contributed by atoms with Crippen LogP contribution in [0.15, 0.2) is 71.7 Å². The van der Waals surface area contributed by atoms with Crippen molar-refractivity contribution in [3.8, 4) is 11.3 Å². The second kappa shape index (κ2) is 11.0. The van der Waals surface area contributed by atoms with E-state index in [1.807, 2.05) is 6.07 Å². The Balaban J connectivity index is 1.53. The van der Waals surface area contributed by atoms with Gasteiger partial charge in [-0.25, -0.2) is 14.3 Å². The third kappa shape index (κ3) is 6.32. The van der Waals surface area contributed by atoms with E-state index in [9.17, 15) is 18.0 Å². The lowest BCUT2D eigenvalue weighted by molar-refractivity contribution is -0.122. The number of halogens is 3. The Kier molecular flexibility index (Phi) is 7.53.